The highest BCUT2D eigenvalue weighted by molar-refractivity contribution is 6.35. The van der Waals surface area contributed by atoms with E-state index >= 15 is 0 Å². The minimum atomic E-state index is -0.463. The third-order valence-electron chi connectivity index (χ3n) is 2.05. The van der Waals surface area contributed by atoms with E-state index in [0.717, 1.165) is 19.5 Å². The molecule has 12 heavy (non-hydrogen) atoms. The van der Waals surface area contributed by atoms with Crippen molar-refractivity contribution in [2.75, 3.05) is 20.1 Å². The summed E-state index contributed by atoms with van der Waals surface area (Å²) in [4.78, 5) is 23.6. The Kier molecular flexibility index (Phi) is 2.81. The molecule has 1 aliphatic heterocycles. The molecule has 1 N–H and O–H groups in total. The van der Waals surface area contributed by atoms with E-state index in [1.165, 1.54) is 6.92 Å². The summed E-state index contributed by atoms with van der Waals surface area (Å²) in [6.07, 6.45) is 0.940. The first-order valence-electron chi connectivity index (χ1n) is 4.09. The fourth-order valence-electron chi connectivity index (χ4n) is 1.34. The van der Waals surface area contributed by atoms with Crippen LogP contribution >= 0.6 is 0 Å². The van der Waals surface area contributed by atoms with Gasteiger partial charge in [0.1, 0.15) is 0 Å². The van der Waals surface area contributed by atoms with Crippen LogP contribution < -0.4 is 5.32 Å². The van der Waals surface area contributed by atoms with Crippen LogP contribution in [0, 0.1) is 0 Å². The number of nitrogens with one attached hydrogen (secondary N) is 1. The van der Waals surface area contributed by atoms with Crippen molar-refractivity contribution in [1.82, 2.24) is 10.2 Å². The van der Waals surface area contributed by atoms with Gasteiger partial charge in [-0.15, -0.1) is 0 Å². The molecule has 0 aliphatic carbocycles. The molecule has 1 unspecified atom stereocenters. The minimum absolute atomic E-state index is 0.159. The molecule has 0 aromatic rings. The van der Waals surface area contributed by atoms with Crippen LogP contribution in [0.2, 0.25) is 0 Å². The predicted molar refractivity (Wildman–Crippen MR) is 44.7 cm³/mol. The second kappa shape index (κ2) is 3.67. The molecule has 1 atom stereocenters. The second-order valence-electron chi connectivity index (χ2n) is 3.28. The Morgan fingerprint density at radius 2 is 2.17 bits per heavy atom. The number of Topliss-reactive ketones (excluding diaryl/α,β-unsaturated/α-hetero) is 1. The average molecular weight is 170 g/mol. The Balaban J connectivity index is 2.32. The average Bonchev–Trinajstić information content (AvgIpc) is 2.35. The summed E-state index contributed by atoms with van der Waals surface area (Å²) >= 11 is 0. The van der Waals surface area contributed by atoms with Crippen molar-refractivity contribution in [2.45, 2.75) is 19.4 Å². The van der Waals surface area contributed by atoms with Gasteiger partial charge < -0.3 is 10.2 Å². The van der Waals surface area contributed by atoms with Gasteiger partial charge in [0, 0.05) is 19.5 Å². The zero-order valence-electron chi connectivity index (χ0n) is 7.46. The lowest BCUT2D eigenvalue weighted by Gasteiger charge is -2.10. The summed E-state index contributed by atoms with van der Waals surface area (Å²) in [6, 6.07) is 0.159. The molecule has 0 spiro atoms. The van der Waals surface area contributed by atoms with Gasteiger partial charge in [0.15, 0.2) is 0 Å². The van der Waals surface area contributed by atoms with Crippen molar-refractivity contribution in [3.05, 3.63) is 0 Å². The van der Waals surface area contributed by atoms with E-state index in [2.05, 4.69) is 10.2 Å². The highest BCUT2D eigenvalue weighted by Crippen LogP contribution is 2.05. The van der Waals surface area contributed by atoms with Gasteiger partial charge in [-0.1, -0.05) is 0 Å². The van der Waals surface area contributed by atoms with Crippen LogP contribution in [0.4, 0.5) is 0 Å². The number of carbonyl (C=O) groups excluding carboxylic acids is 2. The molecule has 0 bridgehead atoms. The van der Waals surface area contributed by atoms with E-state index in [9.17, 15) is 9.59 Å². The van der Waals surface area contributed by atoms with Crippen LogP contribution in [-0.2, 0) is 9.59 Å². The molecule has 1 amide bonds. The summed E-state index contributed by atoms with van der Waals surface area (Å²) in [5, 5.41) is 2.68. The molecule has 0 saturated carbocycles. The summed E-state index contributed by atoms with van der Waals surface area (Å²) in [5.74, 6) is -0.875. The molecule has 0 radical (unpaired) electrons. The Labute approximate surface area is 71.9 Å². The first kappa shape index (κ1) is 9.19. The molecule has 4 nitrogen and oxygen atoms in total. The summed E-state index contributed by atoms with van der Waals surface area (Å²) in [6.45, 7) is 3.12. The molecule has 1 saturated heterocycles. The van der Waals surface area contributed by atoms with E-state index < -0.39 is 11.7 Å². The quantitative estimate of drug-likeness (QED) is 0.563. The molecule has 1 fully saturated rings. The maximum absolute atomic E-state index is 10.9. The molecule has 68 valence electrons. The van der Waals surface area contributed by atoms with E-state index in [1.807, 2.05) is 7.05 Å². The highest BCUT2D eigenvalue weighted by Gasteiger charge is 2.21. The third kappa shape index (κ3) is 2.30. The molecule has 4 heteroatoms. The van der Waals surface area contributed by atoms with Gasteiger partial charge >= 0.3 is 0 Å². The number of hydrogen-bond acceptors (Lipinski definition) is 3. The topological polar surface area (TPSA) is 49.4 Å². The number of likely N-dealkylation sites (tertiary alicyclic amines) is 1. The van der Waals surface area contributed by atoms with E-state index in [0.29, 0.717) is 0 Å². The summed E-state index contributed by atoms with van der Waals surface area (Å²) < 4.78 is 0. The van der Waals surface area contributed by atoms with Crippen molar-refractivity contribution in [3.63, 3.8) is 0 Å². The number of amides is 1. The van der Waals surface area contributed by atoms with E-state index in [4.69, 9.17) is 0 Å². The van der Waals surface area contributed by atoms with Crippen molar-refractivity contribution < 1.29 is 9.59 Å². The summed E-state index contributed by atoms with van der Waals surface area (Å²) in [5.41, 5.74) is 0. The van der Waals surface area contributed by atoms with E-state index in [1.54, 1.807) is 0 Å². The number of rotatable bonds is 2. The zero-order chi connectivity index (χ0) is 9.14. The van der Waals surface area contributed by atoms with Crippen LogP contribution in [0.1, 0.15) is 13.3 Å². The lowest BCUT2D eigenvalue weighted by molar-refractivity contribution is -0.137. The Bertz CT molecular complexity index is 203. The van der Waals surface area contributed by atoms with Crippen LogP contribution in [0.25, 0.3) is 0 Å². The largest absolute Gasteiger partial charge is 0.345 e. The maximum Gasteiger partial charge on any atom is 0.287 e. The summed E-state index contributed by atoms with van der Waals surface area (Å²) in [7, 11) is 2.00. The van der Waals surface area contributed by atoms with Gasteiger partial charge in [-0.2, -0.15) is 0 Å². The Morgan fingerprint density at radius 3 is 2.58 bits per heavy atom. The van der Waals surface area contributed by atoms with Gasteiger partial charge in [-0.25, -0.2) is 0 Å². The van der Waals surface area contributed by atoms with Crippen molar-refractivity contribution in [1.29, 1.82) is 0 Å². The van der Waals surface area contributed by atoms with Gasteiger partial charge in [-0.3, -0.25) is 9.59 Å². The van der Waals surface area contributed by atoms with Crippen molar-refractivity contribution in [3.8, 4) is 0 Å². The highest BCUT2D eigenvalue weighted by atomic mass is 16.2. The zero-order valence-corrected chi connectivity index (χ0v) is 7.46. The van der Waals surface area contributed by atoms with Gasteiger partial charge in [0.2, 0.25) is 5.78 Å². The second-order valence-corrected chi connectivity index (χ2v) is 3.28. The minimum Gasteiger partial charge on any atom is -0.345 e. The standard InChI is InChI=1S/C8H14N2O2/c1-6(11)8(12)9-7-3-4-10(2)5-7/h7H,3-5H2,1-2H3,(H,9,12). The molecular formula is C8H14N2O2. The molecule has 1 aliphatic rings. The number of carbonyl (C=O) groups is 2. The lowest BCUT2D eigenvalue weighted by atomic mass is 10.2. The fourth-order valence-corrected chi connectivity index (χ4v) is 1.34. The van der Waals surface area contributed by atoms with Crippen molar-refractivity contribution in [2.24, 2.45) is 0 Å². The van der Waals surface area contributed by atoms with Crippen LogP contribution in [0.15, 0.2) is 0 Å². The first-order chi connectivity index (χ1) is 5.59. The Morgan fingerprint density at radius 1 is 1.50 bits per heavy atom. The number of likely N-dealkylation sites (N-methyl/N-ethyl adjacent to an activating group) is 1. The molecule has 0 aromatic carbocycles. The van der Waals surface area contributed by atoms with Crippen LogP contribution in [0.3, 0.4) is 0 Å². The number of hydrogen-bond donors (Lipinski definition) is 1. The normalized spacial score (nSPS) is 24.0. The monoisotopic (exact) mass is 170 g/mol. The van der Waals surface area contributed by atoms with Crippen LogP contribution in [0.5, 0.6) is 0 Å². The smallest absolute Gasteiger partial charge is 0.287 e. The van der Waals surface area contributed by atoms with Gasteiger partial charge in [-0.05, 0) is 20.0 Å². The Hall–Kier alpha value is -0.900. The third-order valence-corrected chi connectivity index (χ3v) is 2.05. The molecular weight excluding hydrogens is 156 g/mol. The molecule has 1 rings (SSSR count). The molecule has 0 aromatic heterocycles. The number of nitrogens with zero attached hydrogens (tertiary/aromatic N) is 1. The fraction of sp³-hybridized carbons (Fsp3) is 0.750. The predicted octanol–water partition coefficient (Wildman–Crippen LogP) is -0.604. The number of ketones is 1. The molecule has 1 heterocycles. The maximum atomic E-state index is 10.9. The SMILES string of the molecule is CC(=O)C(=O)NC1CCN(C)C1. The van der Waals surface area contributed by atoms with Crippen LogP contribution in [-0.4, -0.2) is 42.8 Å². The first-order valence-corrected chi connectivity index (χ1v) is 4.09. The van der Waals surface area contributed by atoms with Gasteiger partial charge in [0.25, 0.3) is 5.91 Å². The lowest BCUT2D eigenvalue weighted by Crippen LogP contribution is -2.39. The van der Waals surface area contributed by atoms with Crippen molar-refractivity contribution >= 4 is 11.7 Å². The van der Waals surface area contributed by atoms with E-state index in [-0.39, 0.29) is 6.04 Å². The van der Waals surface area contributed by atoms with Gasteiger partial charge in [0.05, 0.1) is 0 Å².